The number of amides is 1. The number of halogens is 1. The first kappa shape index (κ1) is 15.7. The first-order chi connectivity index (χ1) is 11.7. The number of aromatic amines is 1. The van der Waals surface area contributed by atoms with Crippen molar-refractivity contribution in [2.24, 2.45) is 0 Å². The Morgan fingerprint density at radius 3 is 2.92 bits per heavy atom. The highest BCUT2D eigenvalue weighted by Gasteiger charge is 2.09. The van der Waals surface area contributed by atoms with Gasteiger partial charge >= 0.3 is 0 Å². The van der Waals surface area contributed by atoms with Gasteiger partial charge < -0.3 is 15.0 Å². The Morgan fingerprint density at radius 1 is 1.29 bits per heavy atom. The maximum Gasteiger partial charge on any atom is 0.231 e. The molecule has 0 unspecified atom stereocenters. The number of H-pyrrole nitrogens is 1. The highest BCUT2D eigenvalue weighted by atomic mass is 19.1. The summed E-state index contributed by atoms with van der Waals surface area (Å²) in [6.45, 7) is 0. The molecule has 2 heterocycles. The molecule has 24 heavy (non-hydrogen) atoms. The highest BCUT2D eigenvalue weighted by molar-refractivity contribution is 5.91. The van der Waals surface area contributed by atoms with Crippen LogP contribution >= 0.6 is 0 Å². The number of nitrogens with zero attached hydrogens (tertiary/aromatic N) is 2. The van der Waals surface area contributed by atoms with E-state index in [4.69, 9.17) is 4.74 Å². The molecule has 2 N–H and O–H groups in total. The molecule has 6 nitrogen and oxygen atoms in total. The van der Waals surface area contributed by atoms with E-state index in [1.54, 1.807) is 24.4 Å². The predicted molar refractivity (Wildman–Crippen MR) is 87.1 cm³/mol. The van der Waals surface area contributed by atoms with Crippen molar-refractivity contribution in [3.8, 4) is 17.0 Å². The summed E-state index contributed by atoms with van der Waals surface area (Å²) in [5.41, 5.74) is 2.03. The molecule has 0 bridgehead atoms. The van der Waals surface area contributed by atoms with Gasteiger partial charge in [0.25, 0.3) is 0 Å². The van der Waals surface area contributed by atoms with E-state index >= 15 is 0 Å². The molecule has 3 rings (SSSR count). The van der Waals surface area contributed by atoms with E-state index in [0.29, 0.717) is 17.1 Å². The van der Waals surface area contributed by atoms with Crippen LogP contribution in [-0.4, -0.2) is 28.0 Å². The number of ether oxygens (including phenoxy) is 1. The van der Waals surface area contributed by atoms with Crippen LogP contribution in [0.3, 0.4) is 0 Å². The smallest absolute Gasteiger partial charge is 0.231 e. The van der Waals surface area contributed by atoms with Crippen LogP contribution in [0.2, 0.25) is 0 Å². The second-order valence-electron chi connectivity index (χ2n) is 5.06. The highest BCUT2D eigenvalue weighted by Crippen LogP contribution is 2.25. The van der Waals surface area contributed by atoms with E-state index in [9.17, 15) is 9.18 Å². The van der Waals surface area contributed by atoms with Crippen molar-refractivity contribution in [3.63, 3.8) is 0 Å². The van der Waals surface area contributed by atoms with Crippen molar-refractivity contribution < 1.29 is 13.9 Å². The normalized spacial score (nSPS) is 10.4. The summed E-state index contributed by atoms with van der Waals surface area (Å²) in [5.74, 6) is -0.142. The van der Waals surface area contributed by atoms with Gasteiger partial charge in [0.1, 0.15) is 12.1 Å². The van der Waals surface area contributed by atoms with Gasteiger partial charge in [-0.3, -0.25) is 4.79 Å². The minimum atomic E-state index is -0.449. The zero-order valence-corrected chi connectivity index (χ0v) is 12.9. The van der Waals surface area contributed by atoms with Gasteiger partial charge in [-0.1, -0.05) is 0 Å². The molecule has 0 radical (unpaired) electrons. The van der Waals surface area contributed by atoms with Crippen molar-refractivity contribution >= 4 is 11.7 Å². The lowest BCUT2D eigenvalue weighted by Crippen LogP contribution is -2.15. The Hall–Kier alpha value is -3.22. The van der Waals surface area contributed by atoms with Crippen molar-refractivity contribution in [2.45, 2.75) is 6.42 Å². The average molecular weight is 326 g/mol. The Kier molecular flexibility index (Phi) is 4.51. The molecule has 2 aromatic heterocycles. The number of hydrogen-bond donors (Lipinski definition) is 2. The van der Waals surface area contributed by atoms with Gasteiger partial charge in [-0.05, 0) is 30.3 Å². The number of benzene rings is 1. The molecule has 0 saturated heterocycles. The third kappa shape index (κ3) is 3.57. The van der Waals surface area contributed by atoms with Crippen LogP contribution in [0.15, 0.2) is 48.9 Å². The summed E-state index contributed by atoms with van der Waals surface area (Å²) < 4.78 is 18.5. The SMILES string of the molecule is COc1cc(-c2cc(NC(=O)Cc3ccc[nH]3)ncn2)ccc1F. The lowest BCUT2D eigenvalue weighted by atomic mass is 10.1. The summed E-state index contributed by atoms with van der Waals surface area (Å²) in [6, 6.07) is 9.72. The molecule has 0 fully saturated rings. The van der Waals surface area contributed by atoms with Crippen LogP contribution in [0.1, 0.15) is 5.69 Å². The molecule has 1 amide bonds. The van der Waals surface area contributed by atoms with E-state index in [-0.39, 0.29) is 18.1 Å². The molecule has 0 aliphatic carbocycles. The van der Waals surface area contributed by atoms with Crippen LogP contribution in [0.5, 0.6) is 5.75 Å². The number of rotatable bonds is 5. The van der Waals surface area contributed by atoms with Crippen LogP contribution in [0.4, 0.5) is 10.2 Å². The summed E-state index contributed by atoms with van der Waals surface area (Å²) in [5, 5.41) is 2.71. The summed E-state index contributed by atoms with van der Waals surface area (Å²) in [7, 11) is 1.40. The largest absolute Gasteiger partial charge is 0.494 e. The zero-order valence-electron chi connectivity index (χ0n) is 12.9. The van der Waals surface area contributed by atoms with Crippen LogP contribution in [-0.2, 0) is 11.2 Å². The second-order valence-corrected chi connectivity index (χ2v) is 5.06. The molecule has 0 aliphatic heterocycles. The lowest BCUT2D eigenvalue weighted by Gasteiger charge is -2.07. The number of nitrogens with one attached hydrogen (secondary N) is 2. The van der Waals surface area contributed by atoms with Crippen LogP contribution < -0.4 is 10.1 Å². The molecule has 122 valence electrons. The van der Waals surface area contributed by atoms with Crippen molar-refractivity contribution in [1.29, 1.82) is 0 Å². The average Bonchev–Trinajstić information content (AvgIpc) is 3.08. The van der Waals surface area contributed by atoms with Gasteiger partial charge in [0.05, 0.1) is 19.2 Å². The minimum absolute atomic E-state index is 0.128. The fourth-order valence-electron chi connectivity index (χ4n) is 2.24. The topological polar surface area (TPSA) is 79.9 Å². The lowest BCUT2D eigenvalue weighted by molar-refractivity contribution is -0.115. The summed E-state index contributed by atoms with van der Waals surface area (Å²) >= 11 is 0. The molecule has 0 aliphatic rings. The summed E-state index contributed by atoms with van der Waals surface area (Å²) in [6.07, 6.45) is 3.32. The molecular formula is C17H15FN4O2. The first-order valence-electron chi connectivity index (χ1n) is 7.24. The van der Waals surface area contributed by atoms with Crippen molar-refractivity contribution in [2.75, 3.05) is 12.4 Å². The predicted octanol–water partition coefficient (Wildman–Crippen LogP) is 2.80. The fraction of sp³-hybridized carbons (Fsp3) is 0.118. The van der Waals surface area contributed by atoms with E-state index in [0.717, 1.165) is 5.69 Å². The molecule has 0 saturated carbocycles. The Balaban J connectivity index is 1.77. The third-order valence-electron chi connectivity index (χ3n) is 3.39. The van der Waals surface area contributed by atoms with E-state index in [1.165, 1.54) is 19.5 Å². The van der Waals surface area contributed by atoms with Gasteiger partial charge in [0.15, 0.2) is 11.6 Å². The molecule has 0 atom stereocenters. The number of methoxy groups -OCH3 is 1. The third-order valence-corrected chi connectivity index (χ3v) is 3.39. The number of carbonyl (C=O) groups is 1. The number of hydrogen-bond acceptors (Lipinski definition) is 4. The van der Waals surface area contributed by atoms with E-state index in [1.807, 2.05) is 12.1 Å². The quantitative estimate of drug-likeness (QED) is 0.755. The van der Waals surface area contributed by atoms with Crippen molar-refractivity contribution in [1.82, 2.24) is 15.0 Å². The monoisotopic (exact) mass is 326 g/mol. The minimum Gasteiger partial charge on any atom is -0.494 e. The van der Waals surface area contributed by atoms with Gasteiger partial charge in [-0.25, -0.2) is 14.4 Å². The number of anilines is 1. The zero-order chi connectivity index (χ0) is 16.9. The van der Waals surface area contributed by atoms with Crippen LogP contribution in [0, 0.1) is 5.82 Å². The molecule has 7 heteroatoms. The maximum absolute atomic E-state index is 13.5. The number of aromatic nitrogens is 3. The summed E-state index contributed by atoms with van der Waals surface area (Å²) in [4.78, 5) is 23.2. The first-order valence-corrected chi connectivity index (χ1v) is 7.24. The Bertz CT molecular complexity index is 850. The molecule has 1 aromatic carbocycles. The van der Waals surface area contributed by atoms with E-state index < -0.39 is 5.82 Å². The Morgan fingerprint density at radius 2 is 2.17 bits per heavy atom. The van der Waals surface area contributed by atoms with Crippen molar-refractivity contribution in [3.05, 3.63) is 60.4 Å². The molecule has 3 aromatic rings. The maximum atomic E-state index is 13.5. The molecule has 0 spiro atoms. The van der Waals surface area contributed by atoms with E-state index in [2.05, 4.69) is 20.3 Å². The van der Waals surface area contributed by atoms with Gasteiger partial charge in [0, 0.05) is 23.5 Å². The molecular weight excluding hydrogens is 311 g/mol. The second kappa shape index (κ2) is 6.91. The number of carbonyl (C=O) groups excluding carboxylic acids is 1. The standard InChI is InChI=1S/C17H15FN4O2/c1-24-15-7-11(4-5-13(15)18)14-9-16(21-10-20-14)22-17(23)8-12-3-2-6-19-12/h2-7,9-10,19H,8H2,1H3,(H,20,21,22,23). The van der Waals surface area contributed by atoms with Gasteiger partial charge in [-0.2, -0.15) is 0 Å². The Labute approximate surface area is 137 Å². The fourth-order valence-corrected chi connectivity index (χ4v) is 2.24. The van der Waals surface area contributed by atoms with Crippen LogP contribution in [0.25, 0.3) is 11.3 Å². The van der Waals surface area contributed by atoms with Gasteiger partial charge in [-0.15, -0.1) is 0 Å². The van der Waals surface area contributed by atoms with Gasteiger partial charge in [0.2, 0.25) is 5.91 Å².